The van der Waals surface area contributed by atoms with E-state index in [1.54, 1.807) is 0 Å². The molecule has 1 aliphatic rings. The van der Waals surface area contributed by atoms with Crippen LogP contribution in [0.4, 0.5) is 0 Å². The normalized spacial score (nSPS) is 17.9. The van der Waals surface area contributed by atoms with E-state index < -0.39 is 5.60 Å². The third kappa shape index (κ3) is 2.73. The molecule has 1 fully saturated rings. The molecule has 3 rings (SSSR count). The van der Waals surface area contributed by atoms with Crippen LogP contribution in [-0.4, -0.2) is 38.8 Å². The fraction of sp³-hybridized carbons (Fsp3) is 0.467. The molecule has 1 aromatic heterocycles. The second-order valence-electron chi connectivity index (χ2n) is 5.50. The first-order valence-corrected chi connectivity index (χ1v) is 7.01. The number of aromatic nitrogens is 2. The van der Waals surface area contributed by atoms with Crippen molar-refractivity contribution in [1.29, 1.82) is 0 Å². The summed E-state index contributed by atoms with van der Waals surface area (Å²) in [6.07, 6.45) is 1.85. The van der Waals surface area contributed by atoms with E-state index >= 15 is 0 Å². The molecule has 2 heterocycles. The molecule has 1 aromatic carbocycles. The van der Waals surface area contributed by atoms with E-state index in [-0.39, 0.29) is 0 Å². The minimum atomic E-state index is -0.517. The Bertz CT molecular complexity index is 562. The minimum absolute atomic E-state index is 0.517. The van der Waals surface area contributed by atoms with E-state index in [1.165, 1.54) is 0 Å². The number of aliphatic hydroxyl groups is 1. The maximum absolute atomic E-state index is 10.1. The molecule has 106 valence electrons. The Labute approximate surface area is 118 Å². The van der Waals surface area contributed by atoms with Crippen LogP contribution in [0.15, 0.2) is 34.9 Å². The highest BCUT2D eigenvalue weighted by Gasteiger charge is 2.40. The number of benzene rings is 1. The summed E-state index contributed by atoms with van der Waals surface area (Å²) < 4.78 is 5.27. The van der Waals surface area contributed by atoms with Crippen molar-refractivity contribution in [3.05, 3.63) is 36.2 Å². The van der Waals surface area contributed by atoms with Gasteiger partial charge in [0.25, 0.3) is 0 Å². The maximum Gasteiger partial charge on any atom is 0.241 e. The molecule has 0 saturated carbocycles. The molecule has 1 saturated heterocycles. The lowest BCUT2D eigenvalue weighted by molar-refractivity contribution is -0.109. The van der Waals surface area contributed by atoms with Crippen molar-refractivity contribution in [3.8, 4) is 11.4 Å². The number of hydrogen-bond acceptors (Lipinski definition) is 5. The molecule has 0 spiro atoms. The van der Waals surface area contributed by atoms with E-state index in [0.717, 1.165) is 18.4 Å². The van der Waals surface area contributed by atoms with Crippen LogP contribution in [0.2, 0.25) is 0 Å². The largest absolute Gasteiger partial charge is 0.387 e. The van der Waals surface area contributed by atoms with Crippen molar-refractivity contribution < 1.29 is 9.63 Å². The van der Waals surface area contributed by atoms with E-state index in [1.807, 2.05) is 30.3 Å². The number of rotatable bonds is 5. The lowest BCUT2D eigenvalue weighted by Gasteiger charge is -2.46. The van der Waals surface area contributed by atoms with E-state index in [9.17, 15) is 5.11 Å². The van der Waals surface area contributed by atoms with Crippen molar-refractivity contribution in [1.82, 2.24) is 15.0 Å². The SMILES string of the molecule is CCCC1(O)CN(Cc2nc(-c3ccccc3)no2)C1. The van der Waals surface area contributed by atoms with Crippen molar-refractivity contribution in [2.75, 3.05) is 13.1 Å². The maximum atomic E-state index is 10.1. The Morgan fingerprint density at radius 3 is 2.75 bits per heavy atom. The summed E-state index contributed by atoms with van der Waals surface area (Å²) in [5, 5.41) is 14.1. The monoisotopic (exact) mass is 273 g/mol. The first kappa shape index (κ1) is 13.3. The van der Waals surface area contributed by atoms with Crippen LogP contribution in [0.5, 0.6) is 0 Å². The fourth-order valence-corrected chi connectivity index (χ4v) is 2.74. The Morgan fingerprint density at radius 2 is 2.05 bits per heavy atom. The van der Waals surface area contributed by atoms with Crippen molar-refractivity contribution in [2.24, 2.45) is 0 Å². The fourth-order valence-electron chi connectivity index (χ4n) is 2.74. The van der Waals surface area contributed by atoms with Crippen molar-refractivity contribution >= 4 is 0 Å². The minimum Gasteiger partial charge on any atom is -0.387 e. The second-order valence-corrected chi connectivity index (χ2v) is 5.50. The molecule has 2 aromatic rings. The van der Waals surface area contributed by atoms with Crippen LogP contribution in [0.25, 0.3) is 11.4 Å². The summed E-state index contributed by atoms with van der Waals surface area (Å²) in [6, 6.07) is 9.77. The zero-order valence-corrected chi connectivity index (χ0v) is 11.6. The third-order valence-electron chi connectivity index (χ3n) is 3.61. The second kappa shape index (κ2) is 5.34. The molecule has 0 aliphatic carbocycles. The quantitative estimate of drug-likeness (QED) is 0.903. The smallest absolute Gasteiger partial charge is 0.241 e. The first-order chi connectivity index (χ1) is 9.68. The van der Waals surface area contributed by atoms with E-state index in [4.69, 9.17) is 4.52 Å². The van der Waals surface area contributed by atoms with Gasteiger partial charge in [-0.1, -0.05) is 48.8 Å². The van der Waals surface area contributed by atoms with Crippen LogP contribution in [0.3, 0.4) is 0 Å². The zero-order chi connectivity index (χ0) is 14.0. The average molecular weight is 273 g/mol. The van der Waals surface area contributed by atoms with Gasteiger partial charge in [0, 0.05) is 18.7 Å². The lowest BCUT2D eigenvalue weighted by Crippen LogP contribution is -2.60. The standard InChI is InChI=1S/C15H19N3O2/c1-2-8-15(19)10-18(11-15)9-13-16-14(17-20-13)12-6-4-3-5-7-12/h3-7,19H,2,8-11H2,1H3. The van der Waals surface area contributed by atoms with Gasteiger partial charge in [0.1, 0.15) is 0 Å². The predicted molar refractivity (Wildman–Crippen MR) is 74.9 cm³/mol. The third-order valence-corrected chi connectivity index (χ3v) is 3.61. The molecule has 0 atom stereocenters. The summed E-state index contributed by atoms with van der Waals surface area (Å²) >= 11 is 0. The molecular weight excluding hydrogens is 254 g/mol. The highest BCUT2D eigenvalue weighted by molar-refractivity contribution is 5.53. The van der Waals surface area contributed by atoms with Crippen LogP contribution in [-0.2, 0) is 6.54 Å². The number of β-amino-alcohol motifs (C(OH)–C–C–N with tert-alkyl or cyclic N) is 1. The van der Waals surface area contributed by atoms with Crippen LogP contribution >= 0.6 is 0 Å². The van der Waals surface area contributed by atoms with Gasteiger partial charge in [-0.25, -0.2) is 0 Å². The molecule has 0 amide bonds. The van der Waals surface area contributed by atoms with Gasteiger partial charge in [0.05, 0.1) is 12.1 Å². The van der Waals surface area contributed by atoms with Crippen molar-refractivity contribution in [2.45, 2.75) is 31.9 Å². The van der Waals surface area contributed by atoms with Gasteiger partial charge in [-0.3, -0.25) is 4.90 Å². The number of likely N-dealkylation sites (tertiary alicyclic amines) is 1. The van der Waals surface area contributed by atoms with Crippen LogP contribution < -0.4 is 0 Å². The van der Waals surface area contributed by atoms with Crippen LogP contribution in [0.1, 0.15) is 25.7 Å². The summed E-state index contributed by atoms with van der Waals surface area (Å²) in [6.45, 7) is 4.06. The lowest BCUT2D eigenvalue weighted by atomic mass is 9.89. The van der Waals surface area contributed by atoms with Crippen molar-refractivity contribution in [3.63, 3.8) is 0 Å². The van der Waals surface area contributed by atoms with Gasteiger partial charge in [-0.05, 0) is 6.42 Å². The summed E-state index contributed by atoms with van der Waals surface area (Å²) in [5.41, 5.74) is 0.436. The Morgan fingerprint density at radius 1 is 1.30 bits per heavy atom. The first-order valence-electron chi connectivity index (χ1n) is 7.01. The summed E-state index contributed by atoms with van der Waals surface area (Å²) in [7, 11) is 0. The zero-order valence-electron chi connectivity index (χ0n) is 11.6. The molecule has 0 bridgehead atoms. The molecular formula is C15H19N3O2. The van der Waals surface area contributed by atoms with Gasteiger partial charge in [0.2, 0.25) is 11.7 Å². The summed E-state index contributed by atoms with van der Waals surface area (Å²) in [4.78, 5) is 6.52. The topological polar surface area (TPSA) is 62.4 Å². The van der Waals surface area contributed by atoms with Gasteiger partial charge in [-0.15, -0.1) is 0 Å². The Kier molecular flexibility index (Phi) is 3.54. The van der Waals surface area contributed by atoms with E-state index in [2.05, 4.69) is 22.0 Å². The average Bonchev–Trinajstić information content (AvgIpc) is 2.87. The van der Waals surface area contributed by atoms with Gasteiger partial charge in [-0.2, -0.15) is 4.98 Å². The summed E-state index contributed by atoms with van der Waals surface area (Å²) in [5.74, 6) is 1.22. The molecule has 5 heteroatoms. The number of hydrogen-bond donors (Lipinski definition) is 1. The predicted octanol–water partition coefficient (Wildman–Crippen LogP) is 2.08. The Hall–Kier alpha value is -1.72. The number of nitrogens with zero attached hydrogens (tertiary/aromatic N) is 3. The van der Waals surface area contributed by atoms with Gasteiger partial charge in [0.15, 0.2) is 0 Å². The molecule has 1 aliphatic heterocycles. The highest BCUT2D eigenvalue weighted by atomic mass is 16.5. The van der Waals surface area contributed by atoms with E-state index in [0.29, 0.717) is 31.3 Å². The Balaban J connectivity index is 1.59. The van der Waals surface area contributed by atoms with Crippen LogP contribution in [0, 0.1) is 0 Å². The molecule has 1 N–H and O–H groups in total. The van der Waals surface area contributed by atoms with Gasteiger partial charge < -0.3 is 9.63 Å². The molecule has 20 heavy (non-hydrogen) atoms. The molecule has 5 nitrogen and oxygen atoms in total. The molecule has 0 unspecified atom stereocenters. The highest BCUT2D eigenvalue weighted by Crippen LogP contribution is 2.27. The molecule has 0 radical (unpaired) electrons. The van der Waals surface area contributed by atoms with Gasteiger partial charge >= 0.3 is 0 Å².